The zero-order chi connectivity index (χ0) is 16.8. The van der Waals surface area contributed by atoms with Gasteiger partial charge >= 0.3 is 6.03 Å². The molecule has 1 saturated heterocycles. The molecule has 0 N–H and O–H groups in total. The van der Waals surface area contributed by atoms with E-state index in [1.165, 1.54) is 4.90 Å². The SMILES string of the molecule is CCOc1cc2c(cc1CN1C(=O)CN(C3CC3)C1=O)OC(C)C2. The first-order valence-corrected chi connectivity index (χ1v) is 8.63. The van der Waals surface area contributed by atoms with Gasteiger partial charge in [-0.2, -0.15) is 0 Å². The van der Waals surface area contributed by atoms with E-state index in [1.54, 1.807) is 4.90 Å². The zero-order valence-electron chi connectivity index (χ0n) is 14.1. The number of fused-ring (bicyclic) bond motifs is 1. The van der Waals surface area contributed by atoms with Gasteiger partial charge in [-0.05, 0) is 38.8 Å². The molecule has 6 heteroatoms. The van der Waals surface area contributed by atoms with E-state index < -0.39 is 0 Å². The summed E-state index contributed by atoms with van der Waals surface area (Å²) in [6.45, 7) is 4.93. The van der Waals surface area contributed by atoms with E-state index in [0.717, 1.165) is 41.9 Å². The van der Waals surface area contributed by atoms with Crippen LogP contribution in [-0.4, -0.2) is 47.0 Å². The summed E-state index contributed by atoms with van der Waals surface area (Å²) in [5.41, 5.74) is 1.94. The van der Waals surface area contributed by atoms with Crippen LogP contribution < -0.4 is 9.47 Å². The third-order valence-corrected chi connectivity index (χ3v) is 4.78. The Morgan fingerprint density at radius 2 is 2.08 bits per heavy atom. The standard InChI is InChI=1S/C18H22N2O4/c1-3-23-15-7-12-6-11(2)24-16(12)8-13(15)9-20-17(21)10-19(18(20)22)14-4-5-14/h7-8,11,14H,3-6,9-10H2,1-2H3. The van der Waals surface area contributed by atoms with Crippen molar-refractivity contribution in [2.45, 2.75) is 51.8 Å². The van der Waals surface area contributed by atoms with E-state index in [9.17, 15) is 9.59 Å². The molecule has 1 atom stereocenters. The van der Waals surface area contributed by atoms with Gasteiger partial charge in [-0.3, -0.25) is 9.69 Å². The fourth-order valence-electron chi connectivity index (χ4n) is 3.45. The molecule has 2 aliphatic heterocycles. The lowest BCUT2D eigenvalue weighted by Gasteiger charge is -2.19. The molecule has 0 spiro atoms. The van der Waals surface area contributed by atoms with Crippen LogP contribution in [0.25, 0.3) is 0 Å². The van der Waals surface area contributed by atoms with Gasteiger partial charge < -0.3 is 14.4 Å². The molecule has 0 radical (unpaired) electrons. The molecular formula is C18H22N2O4. The Morgan fingerprint density at radius 3 is 2.79 bits per heavy atom. The Labute approximate surface area is 141 Å². The van der Waals surface area contributed by atoms with Gasteiger partial charge in [0.2, 0.25) is 0 Å². The van der Waals surface area contributed by atoms with Crippen LogP contribution in [0.4, 0.5) is 4.79 Å². The van der Waals surface area contributed by atoms with Crippen LogP contribution in [0.1, 0.15) is 37.8 Å². The number of amides is 3. The van der Waals surface area contributed by atoms with Gasteiger partial charge in [-0.1, -0.05) is 0 Å². The topological polar surface area (TPSA) is 59.1 Å². The lowest BCUT2D eigenvalue weighted by molar-refractivity contribution is -0.125. The number of hydrogen-bond donors (Lipinski definition) is 0. The van der Waals surface area contributed by atoms with Crippen LogP contribution in [0.15, 0.2) is 12.1 Å². The van der Waals surface area contributed by atoms with E-state index in [0.29, 0.717) is 6.61 Å². The maximum atomic E-state index is 12.5. The quantitative estimate of drug-likeness (QED) is 0.778. The van der Waals surface area contributed by atoms with Crippen LogP contribution in [-0.2, 0) is 17.8 Å². The van der Waals surface area contributed by atoms with E-state index in [4.69, 9.17) is 9.47 Å². The second-order valence-electron chi connectivity index (χ2n) is 6.75. The van der Waals surface area contributed by atoms with Crippen molar-refractivity contribution in [1.29, 1.82) is 0 Å². The lowest BCUT2D eigenvalue weighted by atomic mass is 10.1. The van der Waals surface area contributed by atoms with E-state index >= 15 is 0 Å². The maximum absolute atomic E-state index is 12.5. The molecular weight excluding hydrogens is 308 g/mol. The summed E-state index contributed by atoms with van der Waals surface area (Å²) in [6, 6.07) is 3.98. The average molecular weight is 330 g/mol. The summed E-state index contributed by atoms with van der Waals surface area (Å²) in [5.74, 6) is 1.43. The number of hydrogen-bond acceptors (Lipinski definition) is 4. The van der Waals surface area contributed by atoms with Crippen molar-refractivity contribution in [3.8, 4) is 11.5 Å². The number of carbonyl (C=O) groups is 2. The number of nitrogens with zero attached hydrogens (tertiary/aromatic N) is 2. The summed E-state index contributed by atoms with van der Waals surface area (Å²) in [7, 11) is 0. The molecule has 3 aliphatic rings. The van der Waals surface area contributed by atoms with Crippen molar-refractivity contribution in [3.05, 3.63) is 23.3 Å². The Hall–Kier alpha value is -2.24. The monoisotopic (exact) mass is 330 g/mol. The largest absolute Gasteiger partial charge is 0.494 e. The fourth-order valence-corrected chi connectivity index (χ4v) is 3.45. The lowest BCUT2D eigenvalue weighted by Crippen LogP contribution is -2.33. The molecule has 24 heavy (non-hydrogen) atoms. The normalized spacial score (nSPS) is 22.8. The Kier molecular flexibility index (Phi) is 3.62. The molecule has 1 unspecified atom stereocenters. The summed E-state index contributed by atoms with van der Waals surface area (Å²) in [6.07, 6.45) is 3.00. The van der Waals surface area contributed by atoms with Crippen LogP contribution in [0.2, 0.25) is 0 Å². The summed E-state index contributed by atoms with van der Waals surface area (Å²) >= 11 is 0. The molecule has 128 valence electrons. The molecule has 0 bridgehead atoms. The van der Waals surface area contributed by atoms with Crippen molar-refractivity contribution in [2.24, 2.45) is 0 Å². The van der Waals surface area contributed by atoms with Gasteiger partial charge in [0, 0.05) is 23.6 Å². The van der Waals surface area contributed by atoms with Crippen molar-refractivity contribution in [1.82, 2.24) is 9.80 Å². The van der Waals surface area contributed by atoms with Crippen molar-refractivity contribution in [3.63, 3.8) is 0 Å². The minimum absolute atomic E-state index is 0.135. The molecule has 1 aliphatic carbocycles. The van der Waals surface area contributed by atoms with Gasteiger partial charge in [0.05, 0.1) is 13.2 Å². The zero-order valence-corrected chi connectivity index (χ0v) is 14.1. The molecule has 2 heterocycles. The van der Waals surface area contributed by atoms with E-state index in [2.05, 4.69) is 0 Å². The second kappa shape index (κ2) is 5.69. The van der Waals surface area contributed by atoms with Crippen LogP contribution in [0.5, 0.6) is 11.5 Å². The highest BCUT2D eigenvalue weighted by molar-refractivity contribution is 6.02. The van der Waals surface area contributed by atoms with Crippen LogP contribution in [0.3, 0.4) is 0 Å². The Balaban J connectivity index is 1.60. The number of urea groups is 1. The number of carbonyl (C=O) groups excluding carboxylic acids is 2. The predicted molar refractivity (Wildman–Crippen MR) is 87.1 cm³/mol. The van der Waals surface area contributed by atoms with Gasteiger partial charge in [0.25, 0.3) is 5.91 Å². The Morgan fingerprint density at radius 1 is 1.29 bits per heavy atom. The molecule has 1 aromatic carbocycles. The van der Waals surface area contributed by atoms with Crippen molar-refractivity contribution < 1.29 is 19.1 Å². The first-order chi connectivity index (χ1) is 11.6. The predicted octanol–water partition coefficient (Wildman–Crippen LogP) is 2.34. The third-order valence-electron chi connectivity index (χ3n) is 4.78. The minimum Gasteiger partial charge on any atom is -0.494 e. The summed E-state index contributed by atoms with van der Waals surface area (Å²) in [5, 5.41) is 0. The fraction of sp³-hybridized carbons (Fsp3) is 0.556. The van der Waals surface area contributed by atoms with Gasteiger partial charge in [-0.15, -0.1) is 0 Å². The highest BCUT2D eigenvalue weighted by atomic mass is 16.5. The summed E-state index contributed by atoms with van der Waals surface area (Å²) in [4.78, 5) is 27.8. The van der Waals surface area contributed by atoms with Crippen LogP contribution in [0, 0.1) is 0 Å². The molecule has 1 saturated carbocycles. The summed E-state index contributed by atoms with van der Waals surface area (Å²) < 4.78 is 11.6. The van der Waals surface area contributed by atoms with E-state index in [-0.39, 0.29) is 37.2 Å². The molecule has 2 fully saturated rings. The highest BCUT2D eigenvalue weighted by Crippen LogP contribution is 2.37. The molecule has 1 aromatic rings. The van der Waals surface area contributed by atoms with Gasteiger partial charge in [0.1, 0.15) is 24.1 Å². The molecule has 3 amide bonds. The smallest absolute Gasteiger partial charge is 0.327 e. The van der Waals surface area contributed by atoms with Crippen molar-refractivity contribution >= 4 is 11.9 Å². The van der Waals surface area contributed by atoms with E-state index in [1.807, 2.05) is 26.0 Å². The number of benzene rings is 1. The molecule has 0 aromatic heterocycles. The second-order valence-corrected chi connectivity index (χ2v) is 6.75. The number of imide groups is 1. The average Bonchev–Trinajstić information content (AvgIpc) is 3.26. The van der Waals surface area contributed by atoms with Crippen LogP contribution >= 0.6 is 0 Å². The Bertz CT molecular complexity index is 699. The number of ether oxygens (including phenoxy) is 2. The van der Waals surface area contributed by atoms with Gasteiger partial charge in [-0.25, -0.2) is 4.79 Å². The minimum atomic E-state index is -0.181. The molecule has 6 nitrogen and oxygen atoms in total. The molecule has 4 rings (SSSR count). The third kappa shape index (κ3) is 2.60. The first-order valence-electron chi connectivity index (χ1n) is 8.63. The highest BCUT2D eigenvalue weighted by Gasteiger charge is 2.43. The number of rotatable bonds is 5. The van der Waals surface area contributed by atoms with Crippen molar-refractivity contribution in [2.75, 3.05) is 13.2 Å². The van der Waals surface area contributed by atoms with Gasteiger partial charge in [0.15, 0.2) is 0 Å². The maximum Gasteiger partial charge on any atom is 0.327 e. The first kappa shape index (κ1) is 15.3.